The smallest absolute Gasteiger partial charge is 0.191 e. The molecule has 1 aromatic carbocycles. The number of likely N-dealkylation sites (tertiary alicyclic amines) is 1. The maximum atomic E-state index is 5.53. The Morgan fingerprint density at radius 3 is 2.72 bits per heavy atom. The zero-order chi connectivity index (χ0) is 21.3. The van der Waals surface area contributed by atoms with Crippen LogP contribution < -0.4 is 10.6 Å². The standard InChI is InChI=1S/C24H36N6O.HI/c1-2-25-24(28-22-8-12-29(13-9-22)17-21-10-15-31-19-21)27-16-23-26-11-14-30(23)18-20-6-4-3-5-7-20;/h3-7,11,14,21-22H,2,8-10,12-13,15-19H2,1H3,(H2,25,27,28);1H. The van der Waals surface area contributed by atoms with Gasteiger partial charge in [0.05, 0.1) is 6.61 Å². The molecule has 2 saturated heterocycles. The van der Waals surface area contributed by atoms with Crippen LogP contribution in [0.2, 0.25) is 0 Å². The number of nitrogens with zero attached hydrogens (tertiary/aromatic N) is 4. The van der Waals surface area contributed by atoms with Crippen molar-refractivity contribution in [3.63, 3.8) is 0 Å². The molecular weight excluding hydrogens is 515 g/mol. The Labute approximate surface area is 209 Å². The van der Waals surface area contributed by atoms with E-state index in [-0.39, 0.29) is 24.0 Å². The van der Waals surface area contributed by atoms with E-state index in [1.54, 1.807) is 0 Å². The summed E-state index contributed by atoms with van der Waals surface area (Å²) in [6.07, 6.45) is 7.42. The Balaban J connectivity index is 0.00000289. The first-order valence-electron chi connectivity index (χ1n) is 11.7. The summed E-state index contributed by atoms with van der Waals surface area (Å²) in [7, 11) is 0. The molecule has 1 unspecified atom stereocenters. The summed E-state index contributed by atoms with van der Waals surface area (Å²) in [4.78, 5) is 12.0. The second-order valence-corrected chi connectivity index (χ2v) is 8.60. The van der Waals surface area contributed by atoms with Crippen LogP contribution in [-0.2, 0) is 17.8 Å². The van der Waals surface area contributed by atoms with Gasteiger partial charge in [-0.15, -0.1) is 24.0 Å². The van der Waals surface area contributed by atoms with Gasteiger partial charge in [0.2, 0.25) is 0 Å². The van der Waals surface area contributed by atoms with Gasteiger partial charge in [-0.1, -0.05) is 30.3 Å². The van der Waals surface area contributed by atoms with E-state index in [4.69, 9.17) is 9.73 Å². The molecule has 1 atom stereocenters. The summed E-state index contributed by atoms with van der Waals surface area (Å²) in [5.41, 5.74) is 1.27. The van der Waals surface area contributed by atoms with Crippen molar-refractivity contribution >= 4 is 29.9 Å². The molecule has 2 fully saturated rings. The molecule has 8 heteroatoms. The number of guanidine groups is 1. The molecule has 0 saturated carbocycles. The lowest BCUT2D eigenvalue weighted by atomic mass is 10.0. The third-order valence-electron chi connectivity index (χ3n) is 6.19. The number of benzene rings is 1. The topological polar surface area (TPSA) is 66.7 Å². The number of piperidine rings is 1. The van der Waals surface area contributed by atoms with E-state index in [0.717, 1.165) is 69.9 Å². The minimum Gasteiger partial charge on any atom is -0.381 e. The highest BCUT2D eigenvalue weighted by atomic mass is 127. The maximum Gasteiger partial charge on any atom is 0.191 e. The second-order valence-electron chi connectivity index (χ2n) is 8.60. The van der Waals surface area contributed by atoms with Gasteiger partial charge >= 0.3 is 0 Å². The number of hydrogen-bond donors (Lipinski definition) is 2. The predicted octanol–water partition coefficient (Wildman–Crippen LogP) is 3.11. The van der Waals surface area contributed by atoms with Crippen LogP contribution in [0.4, 0.5) is 0 Å². The lowest BCUT2D eigenvalue weighted by molar-refractivity contribution is 0.150. The molecule has 2 aliphatic rings. The van der Waals surface area contributed by atoms with Gasteiger partial charge in [-0.05, 0) is 37.7 Å². The quantitative estimate of drug-likeness (QED) is 0.300. The number of hydrogen-bond acceptors (Lipinski definition) is 4. The average molecular weight is 553 g/mol. The Morgan fingerprint density at radius 1 is 1.19 bits per heavy atom. The zero-order valence-electron chi connectivity index (χ0n) is 19.1. The van der Waals surface area contributed by atoms with Crippen LogP contribution >= 0.6 is 24.0 Å². The van der Waals surface area contributed by atoms with E-state index in [1.807, 2.05) is 18.5 Å². The highest BCUT2D eigenvalue weighted by molar-refractivity contribution is 14.0. The van der Waals surface area contributed by atoms with Gasteiger partial charge in [0.25, 0.3) is 0 Å². The normalized spacial score (nSPS) is 20.2. The third-order valence-corrected chi connectivity index (χ3v) is 6.19. The van der Waals surface area contributed by atoms with Crippen molar-refractivity contribution in [2.45, 2.75) is 45.3 Å². The largest absolute Gasteiger partial charge is 0.381 e. The fraction of sp³-hybridized carbons (Fsp3) is 0.583. The van der Waals surface area contributed by atoms with Gasteiger partial charge in [-0.25, -0.2) is 9.98 Å². The van der Waals surface area contributed by atoms with Crippen molar-refractivity contribution in [1.82, 2.24) is 25.1 Å². The van der Waals surface area contributed by atoms with Crippen LogP contribution in [0.3, 0.4) is 0 Å². The van der Waals surface area contributed by atoms with Crippen molar-refractivity contribution in [2.75, 3.05) is 39.4 Å². The van der Waals surface area contributed by atoms with Gasteiger partial charge in [0.15, 0.2) is 5.96 Å². The van der Waals surface area contributed by atoms with E-state index >= 15 is 0 Å². The maximum absolute atomic E-state index is 5.53. The summed E-state index contributed by atoms with van der Waals surface area (Å²) < 4.78 is 7.70. The molecule has 32 heavy (non-hydrogen) atoms. The lowest BCUT2D eigenvalue weighted by Gasteiger charge is -2.34. The van der Waals surface area contributed by atoms with Crippen LogP contribution in [0.1, 0.15) is 37.6 Å². The molecule has 2 aromatic rings. The number of ether oxygens (including phenoxy) is 1. The zero-order valence-corrected chi connectivity index (χ0v) is 21.4. The molecule has 0 aliphatic carbocycles. The Hall–Kier alpha value is -1.65. The number of aliphatic imine (C=N–C) groups is 1. The van der Waals surface area contributed by atoms with Crippen molar-refractivity contribution in [3.05, 3.63) is 54.1 Å². The summed E-state index contributed by atoms with van der Waals surface area (Å²) in [6.45, 7) is 9.71. The highest BCUT2D eigenvalue weighted by Crippen LogP contribution is 2.17. The van der Waals surface area contributed by atoms with Crippen LogP contribution in [0.25, 0.3) is 0 Å². The molecule has 2 N–H and O–H groups in total. The lowest BCUT2D eigenvalue weighted by Crippen LogP contribution is -2.49. The van der Waals surface area contributed by atoms with Crippen LogP contribution in [0, 0.1) is 5.92 Å². The van der Waals surface area contributed by atoms with E-state index in [2.05, 4.69) is 56.3 Å². The molecule has 0 spiro atoms. The van der Waals surface area contributed by atoms with E-state index in [1.165, 1.54) is 18.5 Å². The Kier molecular flexibility index (Phi) is 10.3. The second kappa shape index (κ2) is 13.2. The monoisotopic (exact) mass is 552 g/mol. The highest BCUT2D eigenvalue weighted by Gasteiger charge is 2.24. The summed E-state index contributed by atoms with van der Waals surface area (Å²) in [5, 5.41) is 7.06. The molecule has 0 bridgehead atoms. The number of rotatable bonds is 8. The predicted molar refractivity (Wildman–Crippen MR) is 140 cm³/mol. The van der Waals surface area contributed by atoms with Crippen LogP contribution in [0.15, 0.2) is 47.7 Å². The third kappa shape index (κ3) is 7.45. The molecule has 4 rings (SSSR count). The van der Waals surface area contributed by atoms with Gasteiger partial charge < -0.3 is 24.8 Å². The molecule has 176 valence electrons. The van der Waals surface area contributed by atoms with E-state index < -0.39 is 0 Å². The number of nitrogens with one attached hydrogen (secondary N) is 2. The number of aromatic nitrogens is 2. The van der Waals surface area contributed by atoms with Crippen molar-refractivity contribution in [2.24, 2.45) is 10.9 Å². The first-order chi connectivity index (χ1) is 15.3. The molecule has 3 heterocycles. The van der Waals surface area contributed by atoms with Crippen LogP contribution in [0.5, 0.6) is 0 Å². The van der Waals surface area contributed by atoms with Gasteiger partial charge in [0, 0.05) is 57.8 Å². The average Bonchev–Trinajstić information content (AvgIpc) is 3.46. The van der Waals surface area contributed by atoms with Crippen molar-refractivity contribution < 1.29 is 4.74 Å². The summed E-state index contributed by atoms with van der Waals surface area (Å²) >= 11 is 0. The van der Waals surface area contributed by atoms with Gasteiger partial charge in [-0.3, -0.25) is 0 Å². The minimum absolute atomic E-state index is 0. The van der Waals surface area contributed by atoms with Crippen molar-refractivity contribution in [1.29, 1.82) is 0 Å². The van der Waals surface area contributed by atoms with Crippen molar-refractivity contribution in [3.8, 4) is 0 Å². The van der Waals surface area contributed by atoms with Gasteiger partial charge in [-0.2, -0.15) is 0 Å². The van der Waals surface area contributed by atoms with E-state index in [9.17, 15) is 0 Å². The first-order valence-corrected chi connectivity index (χ1v) is 11.7. The molecule has 1 aromatic heterocycles. The summed E-state index contributed by atoms with van der Waals surface area (Å²) in [5.74, 6) is 2.59. The fourth-order valence-electron chi connectivity index (χ4n) is 4.43. The first kappa shape index (κ1) is 25.0. The minimum atomic E-state index is 0. The Morgan fingerprint density at radius 2 is 2.00 bits per heavy atom. The van der Waals surface area contributed by atoms with E-state index in [0.29, 0.717) is 12.6 Å². The number of imidazole rings is 1. The molecule has 2 aliphatic heterocycles. The van der Waals surface area contributed by atoms with Gasteiger partial charge in [0.1, 0.15) is 12.4 Å². The SMILES string of the molecule is CCNC(=NCc1nccn1Cc1ccccc1)NC1CCN(CC2CCOC2)CC1.I. The summed E-state index contributed by atoms with van der Waals surface area (Å²) in [6, 6.07) is 11.0. The molecular formula is C24H37IN6O. The molecule has 0 amide bonds. The Bertz CT molecular complexity index is 813. The van der Waals surface area contributed by atoms with Crippen LogP contribution in [-0.4, -0.2) is 65.8 Å². The molecule has 0 radical (unpaired) electrons. The molecule has 7 nitrogen and oxygen atoms in total. The fourth-order valence-corrected chi connectivity index (χ4v) is 4.43. The number of halogens is 1.